The van der Waals surface area contributed by atoms with Gasteiger partial charge in [0.25, 0.3) is 17.4 Å². The lowest BCUT2D eigenvalue weighted by Gasteiger charge is -2.29. The highest BCUT2D eigenvalue weighted by atomic mass is 35.5. The normalized spacial score (nSPS) is 11.5. The van der Waals surface area contributed by atoms with Crippen molar-refractivity contribution in [2.45, 2.75) is 19.5 Å². The molecule has 0 aliphatic rings. The van der Waals surface area contributed by atoms with Crippen molar-refractivity contribution in [2.75, 3.05) is 26.7 Å². The van der Waals surface area contributed by atoms with Crippen molar-refractivity contribution in [1.82, 2.24) is 20.1 Å². The highest BCUT2D eigenvalue weighted by Crippen LogP contribution is 2.10. The maximum Gasteiger partial charge on any atom is 0.407 e. The van der Waals surface area contributed by atoms with Crippen LogP contribution >= 0.6 is 11.6 Å². The molecule has 172 valence electrons. The number of carbonyl (C=O) groups is 3. The summed E-state index contributed by atoms with van der Waals surface area (Å²) in [5.41, 5.74) is -0.194. The van der Waals surface area contributed by atoms with Crippen LogP contribution in [0.15, 0.2) is 41.2 Å². The first-order valence-electron chi connectivity index (χ1n) is 9.76. The van der Waals surface area contributed by atoms with E-state index in [1.165, 1.54) is 24.1 Å². The number of aliphatic hydroxyl groups excluding tert-OH is 1. The van der Waals surface area contributed by atoms with Crippen LogP contribution in [-0.4, -0.2) is 75.7 Å². The summed E-state index contributed by atoms with van der Waals surface area (Å²) in [5.74, 6) is -1.21. The van der Waals surface area contributed by atoms with Crippen LogP contribution in [0.3, 0.4) is 0 Å². The lowest BCUT2D eigenvalue weighted by molar-refractivity contribution is 0.0587. The quantitative estimate of drug-likeness (QED) is 0.441. The molecule has 3 amide bonds. The first-order valence-corrected chi connectivity index (χ1v) is 10.1. The number of aromatic nitrogens is 1. The Bertz CT molecular complexity index is 1020. The summed E-state index contributed by atoms with van der Waals surface area (Å²) in [5, 5.41) is 21.6. The number of carboxylic acid groups (broad SMARTS) is 1. The molecule has 0 saturated carbocycles. The maximum atomic E-state index is 12.9. The lowest BCUT2D eigenvalue weighted by atomic mass is 10.2. The van der Waals surface area contributed by atoms with E-state index in [0.29, 0.717) is 5.02 Å². The highest BCUT2D eigenvalue weighted by molar-refractivity contribution is 6.30. The molecule has 4 N–H and O–H groups in total. The second-order valence-electron chi connectivity index (χ2n) is 7.16. The molecular formula is C21H25ClN4O6. The Labute approximate surface area is 189 Å². The van der Waals surface area contributed by atoms with E-state index >= 15 is 0 Å². The second kappa shape index (κ2) is 11.3. The molecule has 2 aromatic rings. The van der Waals surface area contributed by atoms with E-state index in [2.05, 4.69) is 10.3 Å². The van der Waals surface area contributed by atoms with Crippen molar-refractivity contribution >= 4 is 29.5 Å². The minimum atomic E-state index is -1.16. The van der Waals surface area contributed by atoms with Gasteiger partial charge in [-0.3, -0.25) is 14.4 Å². The number of pyridine rings is 1. The smallest absolute Gasteiger partial charge is 0.407 e. The molecular weight excluding hydrogens is 440 g/mol. The fourth-order valence-electron chi connectivity index (χ4n) is 2.79. The zero-order valence-electron chi connectivity index (χ0n) is 17.7. The van der Waals surface area contributed by atoms with E-state index in [4.69, 9.17) is 16.7 Å². The standard InChI is InChI=1S/C21H25ClN4O6/c1-13(12-27)26(10-9-25(2)21(31)32)20(30)17-8-7-16(19(29)24-17)18(28)23-11-14-3-5-15(22)6-4-14/h3-8,13,27H,9-12H2,1-2H3,(H,23,28)(H,24,29)(H,31,32). The number of halogens is 1. The zero-order valence-corrected chi connectivity index (χ0v) is 18.4. The Hall–Kier alpha value is -3.37. The summed E-state index contributed by atoms with van der Waals surface area (Å²) in [6, 6.07) is 8.79. The van der Waals surface area contributed by atoms with Crippen LogP contribution in [0.1, 0.15) is 33.3 Å². The van der Waals surface area contributed by atoms with Gasteiger partial charge in [0.15, 0.2) is 0 Å². The molecule has 0 aliphatic heterocycles. The number of rotatable bonds is 9. The van der Waals surface area contributed by atoms with Crippen molar-refractivity contribution in [3.8, 4) is 0 Å². The van der Waals surface area contributed by atoms with Crippen molar-refractivity contribution in [3.05, 3.63) is 68.6 Å². The molecule has 2 rings (SSSR count). The Kier molecular flexibility index (Phi) is 8.80. The number of nitrogens with zero attached hydrogens (tertiary/aromatic N) is 2. The molecule has 1 unspecified atom stereocenters. The number of benzene rings is 1. The van der Waals surface area contributed by atoms with Crippen molar-refractivity contribution in [1.29, 1.82) is 0 Å². The average molecular weight is 465 g/mol. The third-order valence-corrected chi connectivity index (χ3v) is 5.06. The van der Waals surface area contributed by atoms with Gasteiger partial charge >= 0.3 is 6.09 Å². The molecule has 1 heterocycles. The first-order chi connectivity index (χ1) is 15.1. The molecule has 10 nitrogen and oxygen atoms in total. The Morgan fingerprint density at radius 1 is 1.12 bits per heavy atom. The number of likely N-dealkylation sites (N-methyl/N-ethyl adjacent to an activating group) is 1. The molecule has 1 aromatic carbocycles. The number of hydrogen-bond acceptors (Lipinski definition) is 5. The van der Waals surface area contributed by atoms with Crippen LogP contribution in [0.25, 0.3) is 0 Å². The Balaban J connectivity index is 2.12. The number of H-pyrrole nitrogens is 1. The van der Waals surface area contributed by atoms with E-state index in [1.807, 2.05) is 0 Å². The SMILES string of the molecule is CC(CO)N(CCN(C)C(=O)O)C(=O)c1ccc(C(=O)NCc2ccc(Cl)cc2)c(=O)[nH]1. The van der Waals surface area contributed by atoms with Crippen LogP contribution < -0.4 is 10.9 Å². The van der Waals surface area contributed by atoms with Crippen LogP contribution in [0.2, 0.25) is 5.02 Å². The minimum Gasteiger partial charge on any atom is -0.465 e. The molecule has 0 aliphatic carbocycles. The molecule has 0 bridgehead atoms. The van der Waals surface area contributed by atoms with Crippen molar-refractivity contribution < 1.29 is 24.6 Å². The maximum absolute atomic E-state index is 12.9. The molecule has 1 atom stereocenters. The van der Waals surface area contributed by atoms with Gasteiger partial charge in [-0.25, -0.2) is 4.79 Å². The largest absolute Gasteiger partial charge is 0.465 e. The summed E-state index contributed by atoms with van der Waals surface area (Å²) in [7, 11) is 1.36. The van der Waals surface area contributed by atoms with Gasteiger partial charge in [0, 0.05) is 31.7 Å². The van der Waals surface area contributed by atoms with Gasteiger partial charge in [0.1, 0.15) is 11.3 Å². The van der Waals surface area contributed by atoms with E-state index < -0.39 is 29.5 Å². The number of hydrogen-bond donors (Lipinski definition) is 4. The molecule has 0 fully saturated rings. The van der Waals surface area contributed by atoms with Gasteiger partial charge in [-0.05, 0) is 36.8 Å². The number of aromatic amines is 1. The van der Waals surface area contributed by atoms with Gasteiger partial charge in [-0.15, -0.1) is 0 Å². The van der Waals surface area contributed by atoms with E-state index in [-0.39, 0.29) is 37.5 Å². The topological polar surface area (TPSA) is 143 Å². The molecule has 0 radical (unpaired) electrons. The average Bonchev–Trinajstić information content (AvgIpc) is 2.77. The van der Waals surface area contributed by atoms with Gasteiger partial charge in [0.05, 0.1) is 12.6 Å². The molecule has 11 heteroatoms. The number of carbonyl (C=O) groups excluding carboxylic acids is 2. The highest BCUT2D eigenvalue weighted by Gasteiger charge is 2.23. The van der Waals surface area contributed by atoms with Gasteiger partial charge < -0.3 is 30.3 Å². The summed E-state index contributed by atoms with van der Waals surface area (Å²) < 4.78 is 0. The lowest BCUT2D eigenvalue weighted by Crippen LogP contribution is -2.46. The molecule has 0 saturated heterocycles. The summed E-state index contributed by atoms with van der Waals surface area (Å²) in [4.78, 5) is 53.3. The zero-order chi connectivity index (χ0) is 23.8. The first kappa shape index (κ1) is 24.9. The van der Waals surface area contributed by atoms with Crippen LogP contribution in [0.5, 0.6) is 0 Å². The monoisotopic (exact) mass is 464 g/mol. The molecule has 32 heavy (non-hydrogen) atoms. The Morgan fingerprint density at radius 2 is 1.78 bits per heavy atom. The summed E-state index contributed by atoms with van der Waals surface area (Å²) >= 11 is 5.83. The van der Waals surface area contributed by atoms with Crippen molar-refractivity contribution in [2.24, 2.45) is 0 Å². The fourth-order valence-corrected chi connectivity index (χ4v) is 2.91. The van der Waals surface area contributed by atoms with Gasteiger partial charge in [0.2, 0.25) is 0 Å². The summed E-state index contributed by atoms with van der Waals surface area (Å²) in [6.07, 6.45) is -1.16. The van der Waals surface area contributed by atoms with Gasteiger partial charge in [-0.1, -0.05) is 23.7 Å². The second-order valence-corrected chi connectivity index (χ2v) is 7.59. The van der Waals surface area contributed by atoms with Crippen LogP contribution in [0.4, 0.5) is 4.79 Å². The van der Waals surface area contributed by atoms with E-state index in [1.54, 1.807) is 31.2 Å². The third-order valence-electron chi connectivity index (χ3n) is 4.81. The predicted octanol–water partition coefficient (Wildman–Crippen LogP) is 1.39. The van der Waals surface area contributed by atoms with E-state index in [0.717, 1.165) is 10.5 Å². The fraction of sp³-hybridized carbons (Fsp3) is 0.333. The number of aliphatic hydroxyl groups is 1. The van der Waals surface area contributed by atoms with Crippen molar-refractivity contribution in [3.63, 3.8) is 0 Å². The van der Waals surface area contributed by atoms with Crippen LogP contribution in [-0.2, 0) is 6.54 Å². The molecule has 0 spiro atoms. The third kappa shape index (κ3) is 6.56. The number of amides is 3. The van der Waals surface area contributed by atoms with E-state index in [9.17, 15) is 24.3 Å². The Morgan fingerprint density at radius 3 is 2.34 bits per heavy atom. The minimum absolute atomic E-state index is 0.00865. The van der Waals surface area contributed by atoms with Crippen LogP contribution in [0, 0.1) is 0 Å². The van der Waals surface area contributed by atoms with Gasteiger partial charge in [-0.2, -0.15) is 0 Å². The summed E-state index contributed by atoms with van der Waals surface area (Å²) in [6.45, 7) is 1.46. The predicted molar refractivity (Wildman–Crippen MR) is 118 cm³/mol. The molecule has 1 aromatic heterocycles. The number of nitrogens with one attached hydrogen (secondary N) is 2.